The van der Waals surface area contributed by atoms with Gasteiger partial charge in [-0.15, -0.1) is 0 Å². The lowest BCUT2D eigenvalue weighted by molar-refractivity contribution is -0.122. The number of amides is 1. The summed E-state index contributed by atoms with van der Waals surface area (Å²) in [5.41, 5.74) is 6.94. The van der Waals surface area contributed by atoms with Crippen LogP contribution in [-0.4, -0.2) is 23.4 Å². The molecule has 5 aromatic carbocycles. The summed E-state index contributed by atoms with van der Waals surface area (Å²) in [5.74, 6) is 0.0589. The molecule has 0 N–H and O–H groups in total. The maximum atomic E-state index is 13.6. The predicted octanol–water partition coefficient (Wildman–Crippen LogP) is 8.59. The highest BCUT2D eigenvalue weighted by molar-refractivity contribution is 6.11. The Morgan fingerprint density at radius 1 is 0.690 bits per heavy atom. The number of hydrogen-bond donors (Lipinski definition) is 0. The van der Waals surface area contributed by atoms with Crippen LogP contribution < -0.4 is 4.90 Å². The van der Waals surface area contributed by atoms with E-state index in [2.05, 4.69) is 53.4 Å². The van der Waals surface area contributed by atoms with Crippen LogP contribution in [-0.2, 0) is 16.0 Å². The highest BCUT2D eigenvalue weighted by Gasteiger charge is 2.34. The molecule has 5 nitrogen and oxygen atoms in total. The monoisotopic (exact) mass is 549 g/mol. The normalized spacial score (nSPS) is 14.8. The van der Waals surface area contributed by atoms with Gasteiger partial charge in [0.05, 0.1) is 5.69 Å². The van der Waals surface area contributed by atoms with E-state index in [1.807, 2.05) is 97.9 Å². The second kappa shape index (κ2) is 12.4. The first-order valence-corrected chi connectivity index (χ1v) is 14.1. The molecule has 0 atom stereocenters. The maximum Gasteiger partial charge on any atom is 0.305 e. The smallest absolute Gasteiger partial charge is 0.305 e. The first-order valence-electron chi connectivity index (χ1n) is 14.1. The van der Waals surface area contributed by atoms with Gasteiger partial charge >= 0.3 is 6.02 Å². The summed E-state index contributed by atoms with van der Waals surface area (Å²) < 4.78 is 6.13. The van der Waals surface area contributed by atoms with E-state index in [0.717, 1.165) is 39.4 Å². The van der Waals surface area contributed by atoms with Crippen LogP contribution in [0.3, 0.4) is 0 Å². The molecule has 0 bridgehead atoms. The molecule has 1 heterocycles. The van der Waals surface area contributed by atoms with Crippen molar-refractivity contribution in [3.05, 3.63) is 162 Å². The number of carbonyl (C=O) groups is 1. The van der Waals surface area contributed by atoms with Gasteiger partial charge in [0, 0.05) is 23.6 Å². The third kappa shape index (κ3) is 6.01. The summed E-state index contributed by atoms with van der Waals surface area (Å²) >= 11 is 0. The van der Waals surface area contributed by atoms with Gasteiger partial charge in [0.15, 0.2) is 5.76 Å². The fourth-order valence-corrected chi connectivity index (χ4v) is 4.94. The molecule has 0 spiro atoms. The third-order valence-electron chi connectivity index (χ3n) is 7.16. The molecule has 1 fully saturated rings. The molecule has 1 aliphatic heterocycles. The number of para-hydroxylation sites is 3. The Morgan fingerprint density at radius 2 is 1.24 bits per heavy atom. The lowest BCUT2D eigenvalue weighted by atomic mass is 10.1. The summed E-state index contributed by atoms with van der Waals surface area (Å²) in [6.45, 7) is 2.46. The minimum atomic E-state index is -0.197. The number of hydrogen-bond acceptors (Lipinski definition) is 4. The molecule has 0 saturated carbocycles. The van der Waals surface area contributed by atoms with Gasteiger partial charge in [0.25, 0.3) is 5.91 Å². The largest absolute Gasteiger partial charge is 0.419 e. The van der Waals surface area contributed by atoms with E-state index in [4.69, 9.17) is 9.73 Å². The van der Waals surface area contributed by atoms with Crippen LogP contribution in [0.4, 0.5) is 22.7 Å². The van der Waals surface area contributed by atoms with Crippen molar-refractivity contribution >= 4 is 40.8 Å². The number of ether oxygens (including phenoxy) is 1. The Morgan fingerprint density at radius 3 is 1.86 bits per heavy atom. The molecule has 206 valence electrons. The van der Waals surface area contributed by atoms with Crippen molar-refractivity contribution < 1.29 is 9.53 Å². The van der Waals surface area contributed by atoms with E-state index in [-0.39, 0.29) is 11.7 Å². The molecule has 1 saturated heterocycles. The maximum absolute atomic E-state index is 13.6. The Kier molecular flexibility index (Phi) is 7.91. The van der Waals surface area contributed by atoms with Crippen molar-refractivity contribution in [2.75, 3.05) is 11.4 Å². The van der Waals surface area contributed by atoms with Crippen molar-refractivity contribution in [2.24, 2.45) is 4.99 Å². The number of amidine groups is 1. The average Bonchev–Trinajstić information content (AvgIpc) is 3.32. The lowest BCUT2D eigenvalue weighted by Gasteiger charge is -2.25. The van der Waals surface area contributed by atoms with E-state index in [9.17, 15) is 4.79 Å². The van der Waals surface area contributed by atoms with E-state index in [1.54, 1.807) is 11.0 Å². The molecular formula is C37H31N3O2. The number of carbonyl (C=O) groups excluding carboxylic acids is 1. The van der Waals surface area contributed by atoms with Crippen LogP contribution >= 0.6 is 0 Å². The minimum Gasteiger partial charge on any atom is -0.419 e. The zero-order valence-corrected chi connectivity index (χ0v) is 23.4. The summed E-state index contributed by atoms with van der Waals surface area (Å²) in [6, 6.07) is 46.9. The molecule has 0 aliphatic carbocycles. The van der Waals surface area contributed by atoms with Gasteiger partial charge < -0.3 is 9.64 Å². The molecule has 1 amide bonds. The molecule has 1 aliphatic rings. The highest BCUT2D eigenvalue weighted by atomic mass is 16.5. The van der Waals surface area contributed by atoms with Gasteiger partial charge in [0.1, 0.15) is 0 Å². The Balaban J connectivity index is 1.29. The zero-order valence-electron chi connectivity index (χ0n) is 23.4. The highest BCUT2D eigenvalue weighted by Crippen LogP contribution is 2.34. The van der Waals surface area contributed by atoms with Gasteiger partial charge in [-0.1, -0.05) is 97.1 Å². The number of anilines is 3. The van der Waals surface area contributed by atoms with Crippen LogP contribution in [0.5, 0.6) is 0 Å². The minimum absolute atomic E-state index is 0.197. The second-order valence-electron chi connectivity index (χ2n) is 10.1. The summed E-state index contributed by atoms with van der Waals surface area (Å²) in [5, 5.41) is 0. The predicted molar refractivity (Wildman–Crippen MR) is 170 cm³/mol. The number of nitrogens with zero attached hydrogens (tertiary/aromatic N) is 3. The standard InChI is InChI=1S/C37H31N3O2/c1-28-13-11-12-20-34(28)38-37-39(26-25-29-14-5-2-6-15-29)36(41)35(42-37)27-30-21-23-33(24-22-30)40(31-16-7-3-8-17-31)32-18-9-4-10-19-32/h2-24,27H,25-26H2,1H3/b35-27+,38-37+. The molecule has 42 heavy (non-hydrogen) atoms. The van der Waals surface area contributed by atoms with Crippen LogP contribution in [0.2, 0.25) is 0 Å². The number of rotatable bonds is 8. The summed E-state index contributed by atoms with van der Waals surface area (Å²) in [4.78, 5) is 22.2. The molecule has 0 unspecified atom stereocenters. The van der Waals surface area contributed by atoms with Crippen LogP contribution in [0.15, 0.2) is 150 Å². The number of aryl methyl sites for hydroxylation is 1. The van der Waals surface area contributed by atoms with Gasteiger partial charge in [0.2, 0.25) is 0 Å². The van der Waals surface area contributed by atoms with Crippen molar-refractivity contribution in [1.29, 1.82) is 0 Å². The molecule has 6 rings (SSSR count). The van der Waals surface area contributed by atoms with Gasteiger partial charge in [-0.3, -0.25) is 9.69 Å². The zero-order chi connectivity index (χ0) is 28.7. The fraction of sp³-hybridized carbons (Fsp3) is 0.0811. The topological polar surface area (TPSA) is 45.1 Å². The van der Waals surface area contributed by atoms with Gasteiger partial charge in [-0.05, 0) is 78.6 Å². The van der Waals surface area contributed by atoms with Gasteiger partial charge in [-0.25, -0.2) is 0 Å². The number of benzene rings is 5. The van der Waals surface area contributed by atoms with E-state index >= 15 is 0 Å². The van der Waals surface area contributed by atoms with E-state index < -0.39 is 0 Å². The molecule has 0 radical (unpaired) electrons. The van der Waals surface area contributed by atoms with Crippen LogP contribution in [0, 0.1) is 6.92 Å². The van der Waals surface area contributed by atoms with Gasteiger partial charge in [-0.2, -0.15) is 4.99 Å². The summed E-state index contributed by atoms with van der Waals surface area (Å²) in [7, 11) is 0. The summed E-state index contributed by atoms with van der Waals surface area (Å²) in [6.07, 6.45) is 2.48. The Bertz CT molecular complexity index is 1670. The molecule has 5 heteroatoms. The SMILES string of the molecule is Cc1ccccc1/N=C1/O/C(=C/c2ccc(N(c3ccccc3)c3ccccc3)cc2)C(=O)N1CCc1ccccc1. The average molecular weight is 550 g/mol. The van der Waals surface area contributed by atoms with Crippen molar-refractivity contribution in [3.8, 4) is 0 Å². The fourth-order valence-electron chi connectivity index (χ4n) is 4.94. The molecular weight excluding hydrogens is 518 g/mol. The second-order valence-corrected chi connectivity index (χ2v) is 10.1. The number of aliphatic imine (C=N–C) groups is 1. The Labute approximate surface area is 246 Å². The quantitative estimate of drug-likeness (QED) is 0.182. The van der Waals surface area contributed by atoms with Crippen molar-refractivity contribution in [2.45, 2.75) is 13.3 Å². The Hall–Kier alpha value is -5.42. The van der Waals surface area contributed by atoms with E-state index in [1.165, 1.54) is 0 Å². The third-order valence-corrected chi connectivity index (χ3v) is 7.16. The van der Waals surface area contributed by atoms with Crippen molar-refractivity contribution in [3.63, 3.8) is 0 Å². The molecule has 0 aromatic heterocycles. The first-order chi connectivity index (χ1) is 20.7. The van der Waals surface area contributed by atoms with E-state index in [0.29, 0.717) is 19.0 Å². The molecule has 5 aromatic rings. The van der Waals surface area contributed by atoms with Crippen molar-refractivity contribution in [1.82, 2.24) is 4.90 Å². The van der Waals surface area contributed by atoms with Crippen LogP contribution in [0.1, 0.15) is 16.7 Å². The van der Waals surface area contributed by atoms with Crippen LogP contribution in [0.25, 0.3) is 6.08 Å². The first kappa shape index (κ1) is 26.8. The lowest BCUT2D eigenvalue weighted by Crippen LogP contribution is -2.31.